The number of fused-ring (bicyclic) bond motifs is 1. The summed E-state index contributed by atoms with van der Waals surface area (Å²) < 4.78 is 7.40. The van der Waals surface area contributed by atoms with Gasteiger partial charge in [-0.25, -0.2) is 4.98 Å². The normalized spacial score (nSPS) is 10.8. The summed E-state index contributed by atoms with van der Waals surface area (Å²) in [6, 6.07) is 25.8. The molecule has 0 aliphatic rings. The van der Waals surface area contributed by atoms with Crippen molar-refractivity contribution in [2.24, 2.45) is 0 Å². The van der Waals surface area contributed by atoms with Gasteiger partial charge in [0, 0.05) is 25.6 Å². The number of benzene rings is 3. The fourth-order valence-electron chi connectivity index (χ4n) is 3.87. The molecule has 0 bridgehead atoms. The van der Waals surface area contributed by atoms with Crippen LogP contribution in [0.5, 0.6) is 5.75 Å². The maximum Gasteiger partial charge on any atom is 0.182 e. The fourth-order valence-corrected chi connectivity index (χ4v) is 4.40. The van der Waals surface area contributed by atoms with Gasteiger partial charge in [-0.1, -0.05) is 68.3 Å². The van der Waals surface area contributed by atoms with Gasteiger partial charge in [-0.3, -0.25) is 5.10 Å². The van der Waals surface area contributed by atoms with Crippen LogP contribution in [-0.2, 0) is 0 Å². The number of hydrogen-bond donors (Lipinski definition) is 1. The van der Waals surface area contributed by atoms with Crippen LogP contribution in [0, 0.1) is 11.3 Å². The average molecular weight is 560 g/mol. The number of methoxy groups -OCH3 is 1. The second-order valence-corrected chi connectivity index (χ2v) is 9.20. The molecule has 0 radical (unpaired) electrons. The van der Waals surface area contributed by atoms with E-state index in [1.807, 2.05) is 72.8 Å². The van der Waals surface area contributed by atoms with Gasteiger partial charge in [0.2, 0.25) is 0 Å². The van der Waals surface area contributed by atoms with Crippen molar-refractivity contribution in [3.05, 3.63) is 87.3 Å². The number of nitrogens with zero attached hydrogens (tertiary/aromatic N) is 3. The number of aromatic nitrogens is 3. The summed E-state index contributed by atoms with van der Waals surface area (Å²) in [5.74, 6) is 0.709. The molecule has 5 nitrogen and oxygen atoms in total. The molecule has 0 fully saturated rings. The fraction of sp³-hybridized carbons (Fsp3) is 0.0385. The van der Waals surface area contributed by atoms with Gasteiger partial charge in [-0.2, -0.15) is 10.4 Å². The molecule has 0 unspecified atom stereocenters. The first-order chi connectivity index (χ1) is 16.1. The third-order valence-corrected chi connectivity index (χ3v) is 6.48. The number of pyridine rings is 1. The highest BCUT2D eigenvalue weighted by molar-refractivity contribution is 9.10. The lowest BCUT2D eigenvalue weighted by Crippen LogP contribution is -1.97. The van der Waals surface area contributed by atoms with Crippen molar-refractivity contribution in [3.63, 3.8) is 0 Å². The van der Waals surface area contributed by atoms with Crippen molar-refractivity contribution in [2.45, 2.75) is 0 Å². The number of rotatable bonds is 4. The SMILES string of the molecule is COc1cccc(-c2c(C#N)c(-c3ccc(Br)cc3)nc3n[nH]c(-c4ccc(Br)cc4)c23)c1. The molecule has 160 valence electrons. The zero-order valence-electron chi connectivity index (χ0n) is 17.4. The number of nitrogens with one attached hydrogen (secondary N) is 1. The predicted octanol–water partition coefficient (Wildman–Crippen LogP) is 7.36. The lowest BCUT2D eigenvalue weighted by molar-refractivity contribution is 0.415. The summed E-state index contributed by atoms with van der Waals surface area (Å²) in [4.78, 5) is 4.82. The van der Waals surface area contributed by atoms with E-state index in [2.05, 4.69) is 48.1 Å². The molecule has 0 aliphatic carbocycles. The van der Waals surface area contributed by atoms with Gasteiger partial charge in [0.15, 0.2) is 5.65 Å². The quantitative estimate of drug-likeness (QED) is 0.249. The minimum atomic E-state index is 0.484. The van der Waals surface area contributed by atoms with Crippen LogP contribution in [0.25, 0.3) is 44.7 Å². The molecule has 33 heavy (non-hydrogen) atoms. The average Bonchev–Trinajstić information content (AvgIpc) is 3.27. The van der Waals surface area contributed by atoms with E-state index in [9.17, 15) is 5.26 Å². The predicted molar refractivity (Wildman–Crippen MR) is 137 cm³/mol. The number of aromatic amines is 1. The molecule has 1 N–H and O–H groups in total. The van der Waals surface area contributed by atoms with E-state index in [1.54, 1.807) is 7.11 Å². The topological polar surface area (TPSA) is 74.6 Å². The highest BCUT2D eigenvalue weighted by Gasteiger charge is 2.23. The van der Waals surface area contributed by atoms with Crippen molar-refractivity contribution in [2.75, 3.05) is 7.11 Å². The monoisotopic (exact) mass is 558 g/mol. The maximum absolute atomic E-state index is 10.3. The van der Waals surface area contributed by atoms with E-state index in [0.717, 1.165) is 42.3 Å². The first-order valence-corrected chi connectivity index (χ1v) is 11.7. The van der Waals surface area contributed by atoms with E-state index in [1.165, 1.54) is 0 Å². The molecule has 0 aliphatic heterocycles. The van der Waals surface area contributed by atoms with Gasteiger partial charge in [0.1, 0.15) is 11.8 Å². The smallest absolute Gasteiger partial charge is 0.182 e. The van der Waals surface area contributed by atoms with Crippen LogP contribution in [0.1, 0.15) is 5.56 Å². The van der Waals surface area contributed by atoms with Crippen molar-refractivity contribution < 1.29 is 4.74 Å². The summed E-state index contributed by atoms with van der Waals surface area (Å²) in [6.45, 7) is 0. The van der Waals surface area contributed by atoms with E-state index in [4.69, 9.17) is 9.72 Å². The Bertz CT molecular complexity index is 1520. The van der Waals surface area contributed by atoms with Crippen molar-refractivity contribution in [1.29, 1.82) is 5.26 Å². The minimum Gasteiger partial charge on any atom is -0.497 e. The van der Waals surface area contributed by atoms with Crippen molar-refractivity contribution >= 4 is 42.9 Å². The van der Waals surface area contributed by atoms with Gasteiger partial charge < -0.3 is 4.74 Å². The molecule has 0 spiro atoms. The lowest BCUT2D eigenvalue weighted by Gasteiger charge is -2.13. The minimum absolute atomic E-state index is 0.484. The van der Waals surface area contributed by atoms with E-state index < -0.39 is 0 Å². The first-order valence-electron chi connectivity index (χ1n) is 10.1. The Morgan fingerprint density at radius 1 is 0.879 bits per heavy atom. The summed E-state index contributed by atoms with van der Waals surface area (Å²) in [7, 11) is 1.63. The molecule has 2 aromatic heterocycles. The Kier molecular flexibility index (Phi) is 5.71. The Hall–Kier alpha value is -3.47. The summed E-state index contributed by atoms with van der Waals surface area (Å²) in [5.41, 5.74) is 5.84. The highest BCUT2D eigenvalue weighted by Crippen LogP contribution is 2.41. The van der Waals surface area contributed by atoms with Gasteiger partial charge in [-0.15, -0.1) is 0 Å². The van der Waals surface area contributed by atoms with Crippen molar-refractivity contribution in [1.82, 2.24) is 15.2 Å². The largest absolute Gasteiger partial charge is 0.497 e. The molecule has 5 aromatic rings. The molecule has 0 saturated carbocycles. The molecule has 0 amide bonds. The Balaban J connectivity index is 1.89. The van der Waals surface area contributed by atoms with Crippen LogP contribution >= 0.6 is 31.9 Å². The maximum atomic E-state index is 10.3. The first kappa shape index (κ1) is 21.4. The number of hydrogen-bond acceptors (Lipinski definition) is 4. The van der Waals surface area contributed by atoms with Gasteiger partial charge in [0.25, 0.3) is 0 Å². The number of H-pyrrole nitrogens is 1. The zero-order chi connectivity index (χ0) is 22.9. The van der Waals surface area contributed by atoms with E-state index in [-0.39, 0.29) is 0 Å². The molecule has 2 heterocycles. The van der Waals surface area contributed by atoms with E-state index in [0.29, 0.717) is 22.7 Å². The molecule has 3 aromatic carbocycles. The van der Waals surface area contributed by atoms with Crippen LogP contribution in [0.4, 0.5) is 0 Å². The van der Waals surface area contributed by atoms with E-state index >= 15 is 0 Å². The van der Waals surface area contributed by atoms with Crippen LogP contribution in [0.2, 0.25) is 0 Å². The highest BCUT2D eigenvalue weighted by atomic mass is 79.9. The van der Waals surface area contributed by atoms with Crippen LogP contribution in [0.15, 0.2) is 81.7 Å². The van der Waals surface area contributed by atoms with Gasteiger partial charge in [0.05, 0.1) is 29.4 Å². The number of ether oxygens (including phenoxy) is 1. The Labute approximate surface area is 207 Å². The van der Waals surface area contributed by atoms with Gasteiger partial charge in [-0.05, 0) is 42.0 Å². The second kappa shape index (κ2) is 8.81. The zero-order valence-corrected chi connectivity index (χ0v) is 20.6. The molecular weight excluding hydrogens is 544 g/mol. The summed E-state index contributed by atoms with van der Waals surface area (Å²) in [6.07, 6.45) is 0. The molecule has 7 heteroatoms. The molecule has 0 saturated heterocycles. The summed E-state index contributed by atoms with van der Waals surface area (Å²) >= 11 is 6.97. The Morgan fingerprint density at radius 2 is 1.55 bits per heavy atom. The van der Waals surface area contributed by atoms with Crippen LogP contribution in [-0.4, -0.2) is 22.3 Å². The van der Waals surface area contributed by atoms with Crippen LogP contribution in [0.3, 0.4) is 0 Å². The molecule has 5 rings (SSSR count). The number of halogens is 2. The standard InChI is InChI=1S/C26H16Br2N4O/c1-33-20-4-2-3-17(13-20)22-21(14-29)24(15-5-9-18(27)10-6-15)30-26-23(22)25(31-32-26)16-7-11-19(28)12-8-16/h2-13H,1H3,(H,30,31,32). The lowest BCUT2D eigenvalue weighted by atomic mass is 9.92. The number of nitriles is 1. The molecular formula is C26H16Br2N4O. The van der Waals surface area contributed by atoms with Crippen LogP contribution < -0.4 is 4.74 Å². The molecule has 0 atom stereocenters. The third kappa shape index (κ3) is 3.92. The second-order valence-electron chi connectivity index (χ2n) is 7.37. The Morgan fingerprint density at radius 3 is 2.18 bits per heavy atom. The van der Waals surface area contributed by atoms with Gasteiger partial charge >= 0.3 is 0 Å². The third-order valence-electron chi connectivity index (χ3n) is 5.42. The van der Waals surface area contributed by atoms with Crippen molar-refractivity contribution in [3.8, 4) is 45.5 Å². The summed E-state index contributed by atoms with van der Waals surface area (Å²) in [5, 5.41) is 18.8.